The van der Waals surface area contributed by atoms with Gasteiger partial charge in [0.2, 0.25) is 11.8 Å². The van der Waals surface area contributed by atoms with Gasteiger partial charge in [-0.05, 0) is 61.3 Å². The van der Waals surface area contributed by atoms with Gasteiger partial charge in [0.05, 0.1) is 11.8 Å². The van der Waals surface area contributed by atoms with Gasteiger partial charge in [0.25, 0.3) is 11.8 Å². The van der Waals surface area contributed by atoms with Crippen molar-refractivity contribution in [1.82, 2.24) is 15.8 Å². The summed E-state index contributed by atoms with van der Waals surface area (Å²) in [4.78, 5) is 64.2. The van der Waals surface area contributed by atoms with E-state index in [4.69, 9.17) is 4.74 Å². The molecular formula is C23H26BrN3O6. The van der Waals surface area contributed by atoms with Crippen LogP contribution in [-0.2, 0) is 23.9 Å². The highest BCUT2D eigenvalue weighted by Crippen LogP contribution is 2.56. The lowest BCUT2D eigenvalue weighted by molar-refractivity contribution is -0.162. The Morgan fingerprint density at radius 1 is 1.03 bits per heavy atom. The molecule has 2 aliphatic carbocycles. The van der Waals surface area contributed by atoms with E-state index in [9.17, 15) is 24.0 Å². The van der Waals surface area contributed by atoms with Crippen LogP contribution >= 0.6 is 15.9 Å². The number of benzene rings is 1. The Morgan fingerprint density at radius 2 is 1.61 bits per heavy atom. The molecule has 3 aliphatic rings. The van der Waals surface area contributed by atoms with E-state index in [1.807, 2.05) is 0 Å². The minimum Gasteiger partial charge on any atom is -0.454 e. The maximum absolute atomic E-state index is 13.1. The molecule has 1 saturated heterocycles. The molecule has 1 aromatic carbocycles. The molecule has 10 heteroatoms. The van der Waals surface area contributed by atoms with E-state index in [1.54, 1.807) is 38.1 Å². The Balaban J connectivity index is 1.33. The highest BCUT2D eigenvalue weighted by molar-refractivity contribution is 9.10. The van der Waals surface area contributed by atoms with Gasteiger partial charge >= 0.3 is 5.97 Å². The van der Waals surface area contributed by atoms with Gasteiger partial charge in [-0.3, -0.25) is 34.9 Å². The van der Waals surface area contributed by atoms with Gasteiger partial charge in [-0.2, -0.15) is 0 Å². The average Bonchev–Trinajstić information content (AvgIpc) is 3.46. The van der Waals surface area contributed by atoms with Crippen LogP contribution in [0.15, 0.2) is 28.7 Å². The van der Waals surface area contributed by atoms with Gasteiger partial charge in [0.1, 0.15) is 6.04 Å². The number of likely N-dealkylation sites (tertiary alicyclic amines) is 1. The van der Waals surface area contributed by atoms with Gasteiger partial charge < -0.3 is 4.74 Å². The largest absolute Gasteiger partial charge is 0.454 e. The summed E-state index contributed by atoms with van der Waals surface area (Å²) in [5, 5.41) is 0. The third-order valence-corrected chi connectivity index (χ3v) is 7.41. The van der Waals surface area contributed by atoms with Gasteiger partial charge in [-0.1, -0.05) is 29.8 Å². The predicted octanol–water partition coefficient (Wildman–Crippen LogP) is 1.81. The van der Waals surface area contributed by atoms with Crippen molar-refractivity contribution in [2.24, 2.45) is 29.6 Å². The number of fused-ring (bicyclic) bond motifs is 5. The van der Waals surface area contributed by atoms with Crippen LogP contribution in [0.3, 0.4) is 0 Å². The third-order valence-electron chi connectivity index (χ3n) is 6.88. The Kier molecular flexibility index (Phi) is 6.56. The molecule has 0 spiro atoms. The Bertz CT molecular complexity index is 966. The lowest BCUT2D eigenvalue weighted by Gasteiger charge is -2.28. The molecule has 4 amide bonds. The predicted molar refractivity (Wildman–Crippen MR) is 119 cm³/mol. The van der Waals surface area contributed by atoms with E-state index in [0.29, 0.717) is 5.56 Å². The first-order valence-electron chi connectivity index (χ1n) is 11.1. The molecule has 0 unspecified atom stereocenters. The first-order valence-corrected chi connectivity index (χ1v) is 11.9. The minimum absolute atomic E-state index is 0.213. The number of hydrogen-bond donors (Lipinski definition) is 2. The molecule has 0 radical (unpaired) electrons. The third kappa shape index (κ3) is 4.40. The van der Waals surface area contributed by atoms with E-state index >= 15 is 0 Å². The van der Waals surface area contributed by atoms with Crippen molar-refractivity contribution in [1.29, 1.82) is 0 Å². The molecule has 1 heterocycles. The van der Waals surface area contributed by atoms with Crippen molar-refractivity contribution in [2.75, 3.05) is 6.61 Å². The number of carbonyl (C=O) groups excluding carboxylic acids is 5. The highest BCUT2D eigenvalue weighted by atomic mass is 79.9. The van der Waals surface area contributed by atoms with E-state index in [1.165, 1.54) is 0 Å². The summed E-state index contributed by atoms with van der Waals surface area (Å²) in [5.41, 5.74) is 4.76. The van der Waals surface area contributed by atoms with Crippen LogP contribution < -0.4 is 10.9 Å². The first-order chi connectivity index (χ1) is 15.7. The molecular weight excluding hydrogens is 494 g/mol. The highest BCUT2D eigenvalue weighted by Gasteiger charge is 2.62. The fourth-order valence-electron chi connectivity index (χ4n) is 5.44. The molecule has 176 valence electrons. The van der Waals surface area contributed by atoms with Crippen molar-refractivity contribution in [3.05, 3.63) is 34.3 Å². The monoisotopic (exact) mass is 519 g/mol. The van der Waals surface area contributed by atoms with E-state index < -0.39 is 30.4 Å². The van der Waals surface area contributed by atoms with Crippen LogP contribution in [0.2, 0.25) is 0 Å². The second kappa shape index (κ2) is 9.24. The van der Waals surface area contributed by atoms with Crippen LogP contribution in [0, 0.1) is 29.6 Å². The van der Waals surface area contributed by atoms with Gasteiger partial charge in [0, 0.05) is 10.0 Å². The standard InChI is InChI=1S/C23H26BrN3O6/c1-11(2)19(27-21(30)17-13-3-4-14(9-13)18(17)22(27)31)23(32)33-10-16(28)25-26-20(29)12-5-7-15(24)8-6-12/h5-8,11,13-14,17-19H,3-4,9-10H2,1-2H3,(H,25,28)(H,26,29)/t13-,14-,17-,18+,19-/m0/s1. The molecule has 2 N–H and O–H groups in total. The van der Waals surface area contributed by atoms with Crippen LogP contribution in [-0.4, -0.2) is 47.1 Å². The van der Waals surface area contributed by atoms with Crippen molar-refractivity contribution in [3.63, 3.8) is 0 Å². The maximum Gasteiger partial charge on any atom is 0.330 e. The summed E-state index contributed by atoms with van der Waals surface area (Å²) in [6, 6.07) is 5.44. The van der Waals surface area contributed by atoms with E-state index in [0.717, 1.165) is 28.6 Å². The van der Waals surface area contributed by atoms with Crippen molar-refractivity contribution < 1.29 is 28.7 Å². The molecule has 2 saturated carbocycles. The van der Waals surface area contributed by atoms with Crippen molar-refractivity contribution in [2.45, 2.75) is 39.2 Å². The lowest BCUT2D eigenvalue weighted by atomic mass is 9.81. The zero-order valence-electron chi connectivity index (χ0n) is 18.4. The van der Waals surface area contributed by atoms with Gasteiger partial charge in [-0.25, -0.2) is 4.79 Å². The zero-order valence-corrected chi connectivity index (χ0v) is 20.0. The molecule has 4 rings (SSSR count). The number of hydrazine groups is 1. The molecule has 2 bridgehead atoms. The molecule has 33 heavy (non-hydrogen) atoms. The molecule has 9 nitrogen and oxygen atoms in total. The van der Waals surface area contributed by atoms with Crippen molar-refractivity contribution >= 4 is 45.5 Å². The fourth-order valence-corrected chi connectivity index (χ4v) is 5.70. The number of halogens is 1. The number of ether oxygens (including phenoxy) is 1. The number of rotatable bonds is 6. The van der Waals surface area contributed by atoms with Crippen LogP contribution in [0.5, 0.6) is 0 Å². The average molecular weight is 520 g/mol. The van der Waals surface area contributed by atoms with Crippen LogP contribution in [0.25, 0.3) is 0 Å². The van der Waals surface area contributed by atoms with Crippen molar-refractivity contribution in [3.8, 4) is 0 Å². The zero-order chi connectivity index (χ0) is 23.9. The first kappa shape index (κ1) is 23.4. The number of imide groups is 1. The van der Waals surface area contributed by atoms with E-state index in [2.05, 4.69) is 26.8 Å². The smallest absolute Gasteiger partial charge is 0.330 e. The summed E-state index contributed by atoms with van der Waals surface area (Å²) in [6.07, 6.45) is 2.80. The number of esters is 1. The second-order valence-corrected chi connectivity index (χ2v) is 10.2. The maximum atomic E-state index is 13.1. The van der Waals surface area contributed by atoms with Gasteiger partial charge in [-0.15, -0.1) is 0 Å². The normalized spacial score (nSPS) is 26.4. The minimum atomic E-state index is -1.08. The second-order valence-electron chi connectivity index (χ2n) is 9.24. The lowest BCUT2D eigenvalue weighted by Crippen LogP contribution is -2.50. The number of nitrogens with zero attached hydrogens (tertiary/aromatic N) is 1. The van der Waals surface area contributed by atoms with Gasteiger partial charge in [0.15, 0.2) is 6.61 Å². The Hall–Kier alpha value is -2.75. The SMILES string of the molecule is CC(C)[C@@H](C(=O)OCC(=O)NNC(=O)c1ccc(Br)cc1)N1C(=O)[C@@H]2[C@H]3CC[C@@H](C3)[C@@H]2C1=O. The summed E-state index contributed by atoms with van der Waals surface area (Å²) in [5.74, 6) is -3.28. The fraction of sp³-hybridized carbons (Fsp3) is 0.522. The summed E-state index contributed by atoms with van der Waals surface area (Å²) >= 11 is 3.27. The van der Waals surface area contributed by atoms with Crippen LogP contribution in [0.1, 0.15) is 43.5 Å². The summed E-state index contributed by atoms with van der Waals surface area (Å²) < 4.78 is 5.93. The number of hydrogen-bond acceptors (Lipinski definition) is 6. The van der Waals surface area contributed by atoms with Crippen LogP contribution in [0.4, 0.5) is 0 Å². The molecule has 1 aliphatic heterocycles. The molecule has 0 aromatic heterocycles. The number of nitrogens with one attached hydrogen (secondary N) is 2. The number of amides is 4. The van der Waals surface area contributed by atoms with E-state index in [-0.39, 0.29) is 41.4 Å². The quantitative estimate of drug-likeness (QED) is 0.335. The Labute approximate surface area is 199 Å². The molecule has 3 fully saturated rings. The topological polar surface area (TPSA) is 122 Å². The summed E-state index contributed by atoms with van der Waals surface area (Å²) in [7, 11) is 0. The molecule has 1 aromatic rings. The molecule has 5 atom stereocenters. The number of carbonyl (C=O) groups is 5. The summed E-state index contributed by atoms with van der Waals surface area (Å²) in [6.45, 7) is 2.80. The Morgan fingerprint density at radius 3 is 2.15 bits per heavy atom.